The average molecular weight is 253 g/mol. The van der Waals surface area contributed by atoms with Crippen LogP contribution in [0.5, 0.6) is 0 Å². The minimum Gasteiger partial charge on any atom is -0.386 e. The van der Waals surface area contributed by atoms with Crippen molar-refractivity contribution in [2.45, 2.75) is 58.5 Å². The van der Waals surface area contributed by atoms with E-state index in [1.807, 2.05) is 6.92 Å². The SMILES string of the molecule is CCC(O)(COC)C1(C#N)CCC(C(C)C)CC1. The Morgan fingerprint density at radius 3 is 2.33 bits per heavy atom. The third kappa shape index (κ3) is 2.70. The minimum absolute atomic E-state index is 0.253. The molecule has 0 saturated heterocycles. The van der Waals surface area contributed by atoms with Crippen molar-refractivity contribution < 1.29 is 9.84 Å². The Morgan fingerprint density at radius 1 is 1.44 bits per heavy atom. The fourth-order valence-corrected chi connectivity index (χ4v) is 3.30. The molecule has 18 heavy (non-hydrogen) atoms. The van der Waals surface area contributed by atoms with E-state index in [4.69, 9.17) is 4.74 Å². The summed E-state index contributed by atoms with van der Waals surface area (Å²) >= 11 is 0. The van der Waals surface area contributed by atoms with E-state index < -0.39 is 11.0 Å². The molecule has 1 unspecified atom stereocenters. The highest BCUT2D eigenvalue weighted by atomic mass is 16.5. The first kappa shape index (κ1) is 15.5. The standard InChI is InChI=1S/C15H27NO2/c1-5-15(17,11-18-4)14(10-16)8-6-13(7-9-14)12(2)3/h12-13,17H,5-9,11H2,1-4H3. The molecule has 3 nitrogen and oxygen atoms in total. The zero-order valence-electron chi connectivity index (χ0n) is 12.2. The van der Waals surface area contributed by atoms with E-state index >= 15 is 0 Å². The van der Waals surface area contributed by atoms with Crippen molar-refractivity contribution in [1.82, 2.24) is 0 Å². The Hall–Kier alpha value is -0.590. The molecule has 0 bridgehead atoms. The number of rotatable bonds is 5. The predicted octanol–water partition coefficient (Wildman–Crippen LogP) is 3.13. The second-order valence-electron chi connectivity index (χ2n) is 6.09. The third-order valence-corrected chi connectivity index (χ3v) is 4.90. The minimum atomic E-state index is -1.00. The predicted molar refractivity (Wildman–Crippen MR) is 72.0 cm³/mol. The maximum absolute atomic E-state index is 10.8. The molecule has 1 aliphatic rings. The van der Waals surface area contributed by atoms with E-state index in [2.05, 4.69) is 19.9 Å². The Bertz CT molecular complexity index is 300. The molecule has 1 atom stereocenters. The second-order valence-corrected chi connectivity index (χ2v) is 6.09. The number of methoxy groups -OCH3 is 1. The average Bonchev–Trinajstić information content (AvgIpc) is 2.38. The molecule has 0 amide bonds. The summed E-state index contributed by atoms with van der Waals surface area (Å²) < 4.78 is 5.15. The monoisotopic (exact) mass is 253 g/mol. The maximum Gasteiger partial charge on any atom is 0.106 e. The van der Waals surface area contributed by atoms with Gasteiger partial charge in [-0.05, 0) is 43.9 Å². The molecular formula is C15H27NO2. The molecule has 0 aliphatic heterocycles. The van der Waals surface area contributed by atoms with Gasteiger partial charge in [0.2, 0.25) is 0 Å². The Labute approximate surface area is 111 Å². The van der Waals surface area contributed by atoms with E-state index in [-0.39, 0.29) is 6.61 Å². The third-order valence-electron chi connectivity index (χ3n) is 4.90. The molecule has 104 valence electrons. The molecule has 1 aliphatic carbocycles. The highest BCUT2D eigenvalue weighted by Gasteiger charge is 2.51. The van der Waals surface area contributed by atoms with Crippen LogP contribution in [0.4, 0.5) is 0 Å². The van der Waals surface area contributed by atoms with Crippen LogP contribution < -0.4 is 0 Å². The maximum atomic E-state index is 10.8. The lowest BCUT2D eigenvalue weighted by molar-refractivity contribution is -0.122. The fraction of sp³-hybridized carbons (Fsp3) is 0.933. The summed E-state index contributed by atoms with van der Waals surface area (Å²) in [6, 6.07) is 2.42. The summed E-state index contributed by atoms with van der Waals surface area (Å²) in [6.07, 6.45) is 4.23. The van der Waals surface area contributed by atoms with Gasteiger partial charge in [0.25, 0.3) is 0 Å². The first-order valence-electron chi connectivity index (χ1n) is 7.07. The molecule has 1 saturated carbocycles. The van der Waals surface area contributed by atoms with E-state index in [9.17, 15) is 10.4 Å². The lowest BCUT2D eigenvalue weighted by Gasteiger charge is -2.46. The zero-order chi connectivity index (χ0) is 13.8. The first-order valence-corrected chi connectivity index (χ1v) is 7.07. The van der Waals surface area contributed by atoms with Crippen molar-refractivity contribution in [2.75, 3.05) is 13.7 Å². The van der Waals surface area contributed by atoms with E-state index in [1.54, 1.807) is 7.11 Å². The van der Waals surface area contributed by atoms with Gasteiger partial charge in [-0.25, -0.2) is 0 Å². The highest BCUT2D eigenvalue weighted by molar-refractivity contribution is 5.13. The topological polar surface area (TPSA) is 53.2 Å². The highest BCUT2D eigenvalue weighted by Crippen LogP contribution is 2.49. The van der Waals surface area contributed by atoms with Gasteiger partial charge in [-0.1, -0.05) is 20.8 Å². The molecule has 1 fully saturated rings. The molecule has 0 aromatic carbocycles. The number of nitrogens with zero attached hydrogens (tertiary/aromatic N) is 1. The van der Waals surface area contributed by atoms with Gasteiger partial charge in [0.05, 0.1) is 18.1 Å². The summed E-state index contributed by atoms with van der Waals surface area (Å²) in [5.74, 6) is 1.36. The van der Waals surface area contributed by atoms with Crippen LogP contribution in [0.2, 0.25) is 0 Å². The van der Waals surface area contributed by atoms with Crippen molar-refractivity contribution in [3.63, 3.8) is 0 Å². The summed E-state index contributed by atoms with van der Waals surface area (Å²) in [6.45, 7) is 6.67. The van der Waals surface area contributed by atoms with Gasteiger partial charge < -0.3 is 9.84 Å². The number of aliphatic hydroxyl groups is 1. The van der Waals surface area contributed by atoms with Gasteiger partial charge in [0, 0.05) is 7.11 Å². The van der Waals surface area contributed by atoms with E-state index in [0.29, 0.717) is 18.3 Å². The van der Waals surface area contributed by atoms with Crippen molar-refractivity contribution in [1.29, 1.82) is 5.26 Å². The van der Waals surface area contributed by atoms with Gasteiger partial charge in [-0.15, -0.1) is 0 Å². The van der Waals surface area contributed by atoms with Crippen LogP contribution in [0.1, 0.15) is 52.9 Å². The van der Waals surface area contributed by atoms with Gasteiger partial charge in [-0.2, -0.15) is 5.26 Å². The van der Waals surface area contributed by atoms with Gasteiger partial charge in [-0.3, -0.25) is 0 Å². The first-order chi connectivity index (χ1) is 8.44. The number of hydrogen-bond donors (Lipinski definition) is 1. The van der Waals surface area contributed by atoms with Crippen molar-refractivity contribution in [2.24, 2.45) is 17.3 Å². The zero-order valence-corrected chi connectivity index (χ0v) is 12.2. The molecule has 0 aromatic rings. The molecule has 0 radical (unpaired) electrons. The van der Waals surface area contributed by atoms with Crippen molar-refractivity contribution >= 4 is 0 Å². The Morgan fingerprint density at radius 2 is 2.00 bits per heavy atom. The van der Waals surface area contributed by atoms with Gasteiger partial charge >= 0.3 is 0 Å². The van der Waals surface area contributed by atoms with Gasteiger partial charge in [0.1, 0.15) is 5.60 Å². The van der Waals surface area contributed by atoms with E-state index in [1.165, 1.54) is 0 Å². The summed E-state index contributed by atoms with van der Waals surface area (Å²) in [7, 11) is 1.59. The lowest BCUT2D eigenvalue weighted by Crippen LogP contribution is -2.52. The van der Waals surface area contributed by atoms with Crippen molar-refractivity contribution in [3.8, 4) is 6.07 Å². The number of hydrogen-bond acceptors (Lipinski definition) is 3. The molecule has 0 aromatic heterocycles. The normalized spacial score (nSPS) is 31.9. The van der Waals surface area contributed by atoms with Crippen LogP contribution in [0.15, 0.2) is 0 Å². The van der Waals surface area contributed by atoms with Crippen LogP contribution in [0, 0.1) is 28.6 Å². The molecule has 0 spiro atoms. The second kappa shape index (κ2) is 6.04. The van der Waals surface area contributed by atoms with Crippen LogP contribution in [0.25, 0.3) is 0 Å². The van der Waals surface area contributed by atoms with Crippen molar-refractivity contribution in [3.05, 3.63) is 0 Å². The number of nitriles is 1. The van der Waals surface area contributed by atoms with Crippen LogP contribution >= 0.6 is 0 Å². The molecule has 3 heteroatoms. The Kier molecular flexibility index (Phi) is 5.19. The lowest BCUT2D eigenvalue weighted by atomic mass is 9.60. The largest absolute Gasteiger partial charge is 0.386 e. The summed E-state index contributed by atoms with van der Waals surface area (Å²) in [4.78, 5) is 0. The Balaban J connectivity index is 2.86. The molecule has 1 N–H and O–H groups in total. The van der Waals surface area contributed by atoms with E-state index in [0.717, 1.165) is 25.7 Å². The summed E-state index contributed by atoms with van der Waals surface area (Å²) in [5, 5.41) is 20.4. The van der Waals surface area contributed by atoms with Crippen LogP contribution in [-0.2, 0) is 4.74 Å². The fourth-order valence-electron chi connectivity index (χ4n) is 3.30. The summed E-state index contributed by atoms with van der Waals surface area (Å²) in [5.41, 5.74) is -1.62. The quantitative estimate of drug-likeness (QED) is 0.819. The smallest absolute Gasteiger partial charge is 0.106 e. The molecule has 1 rings (SSSR count). The molecule has 0 heterocycles. The van der Waals surface area contributed by atoms with Gasteiger partial charge in [0.15, 0.2) is 0 Å². The van der Waals surface area contributed by atoms with Crippen LogP contribution in [0.3, 0.4) is 0 Å². The molecular weight excluding hydrogens is 226 g/mol. The van der Waals surface area contributed by atoms with Crippen LogP contribution in [-0.4, -0.2) is 24.4 Å². The number of ether oxygens (including phenoxy) is 1.